The molecule has 3 heterocycles. The Balaban J connectivity index is 1.92. The van der Waals surface area contributed by atoms with Crippen LogP contribution in [0.5, 0.6) is 0 Å². The van der Waals surface area contributed by atoms with Crippen LogP contribution in [0.25, 0.3) is 0 Å². The van der Waals surface area contributed by atoms with Crippen molar-refractivity contribution in [3.8, 4) is 0 Å². The molecule has 1 saturated heterocycles. The number of rotatable bonds is 1. The summed E-state index contributed by atoms with van der Waals surface area (Å²) < 4.78 is 5.38. The largest absolute Gasteiger partial charge is 0.377 e. The Morgan fingerprint density at radius 2 is 2.62 bits per heavy atom. The Bertz CT molecular complexity index is 305. The van der Waals surface area contributed by atoms with Crippen molar-refractivity contribution in [1.82, 2.24) is 4.90 Å². The summed E-state index contributed by atoms with van der Waals surface area (Å²) in [6.07, 6.45) is 0. The predicted molar refractivity (Wildman–Crippen MR) is 54.1 cm³/mol. The highest BCUT2D eigenvalue weighted by Gasteiger charge is 2.43. The molecule has 13 heavy (non-hydrogen) atoms. The zero-order valence-electron chi connectivity index (χ0n) is 6.94. The van der Waals surface area contributed by atoms with Crippen LogP contribution >= 0.6 is 23.4 Å². The maximum absolute atomic E-state index is 5.85. The molecule has 2 atom stereocenters. The van der Waals surface area contributed by atoms with Crippen LogP contribution in [0, 0.1) is 0 Å². The molecule has 0 aromatic rings. The van der Waals surface area contributed by atoms with E-state index in [0.717, 1.165) is 18.4 Å². The van der Waals surface area contributed by atoms with Gasteiger partial charge in [-0.25, -0.2) is 0 Å². The van der Waals surface area contributed by atoms with Crippen molar-refractivity contribution in [3.05, 3.63) is 11.1 Å². The topological polar surface area (TPSA) is 24.8 Å². The quantitative estimate of drug-likeness (QED) is 0.617. The first-order valence-electron chi connectivity index (χ1n) is 4.26. The van der Waals surface area contributed by atoms with Crippen molar-refractivity contribution in [2.75, 3.05) is 19.1 Å². The van der Waals surface area contributed by atoms with Gasteiger partial charge in [0.1, 0.15) is 0 Å². The average molecular weight is 217 g/mol. The van der Waals surface area contributed by atoms with E-state index in [1.165, 1.54) is 5.70 Å². The number of nitrogens with zero attached hydrogens (tertiary/aromatic N) is 2. The molecule has 3 rings (SSSR count). The second-order valence-corrected chi connectivity index (χ2v) is 4.42. The van der Waals surface area contributed by atoms with Crippen LogP contribution in [0.4, 0.5) is 0 Å². The number of alkyl halides is 1. The highest BCUT2D eigenvalue weighted by molar-refractivity contribution is 8.16. The van der Waals surface area contributed by atoms with E-state index in [2.05, 4.69) is 15.3 Å². The fraction of sp³-hybridized carbons (Fsp3) is 0.625. The fourth-order valence-electron chi connectivity index (χ4n) is 1.94. The van der Waals surface area contributed by atoms with E-state index in [-0.39, 0.29) is 0 Å². The smallest absolute Gasteiger partial charge is 0.168 e. The van der Waals surface area contributed by atoms with Crippen molar-refractivity contribution < 1.29 is 4.74 Å². The second-order valence-electron chi connectivity index (χ2n) is 3.31. The van der Waals surface area contributed by atoms with Crippen LogP contribution in [0.3, 0.4) is 0 Å². The number of allylic oxidation sites excluding steroid dienone is 1. The molecule has 1 unspecified atom stereocenters. The first-order chi connectivity index (χ1) is 6.40. The van der Waals surface area contributed by atoms with Gasteiger partial charge in [0.2, 0.25) is 0 Å². The third-order valence-corrected chi connectivity index (χ3v) is 3.76. The van der Waals surface area contributed by atoms with Gasteiger partial charge in [0.05, 0.1) is 31.2 Å². The maximum atomic E-state index is 5.85. The van der Waals surface area contributed by atoms with Gasteiger partial charge in [-0.15, -0.1) is 11.6 Å². The molecular weight excluding hydrogens is 208 g/mol. The van der Waals surface area contributed by atoms with E-state index in [1.807, 2.05) is 0 Å². The molecule has 3 aliphatic heterocycles. The molecular formula is C8H9ClN2OS. The third kappa shape index (κ3) is 1.06. The lowest BCUT2D eigenvalue weighted by atomic mass is 10.2. The average Bonchev–Trinajstić information content (AvgIpc) is 2.72. The predicted octanol–water partition coefficient (Wildman–Crippen LogP) is 1.25. The van der Waals surface area contributed by atoms with Crippen LogP contribution in [-0.4, -0.2) is 41.2 Å². The van der Waals surface area contributed by atoms with Crippen LogP contribution < -0.4 is 0 Å². The summed E-state index contributed by atoms with van der Waals surface area (Å²) >= 11 is 7.52. The lowest BCUT2D eigenvalue weighted by Crippen LogP contribution is -2.36. The third-order valence-electron chi connectivity index (χ3n) is 2.58. The Morgan fingerprint density at radius 3 is 3.46 bits per heavy atom. The van der Waals surface area contributed by atoms with Crippen molar-refractivity contribution in [2.24, 2.45) is 4.99 Å². The minimum Gasteiger partial charge on any atom is -0.377 e. The molecule has 0 amide bonds. The highest BCUT2D eigenvalue weighted by atomic mass is 35.5. The lowest BCUT2D eigenvalue weighted by Gasteiger charge is -2.22. The molecule has 0 radical (unpaired) electrons. The number of aliphatic imine (C=N–C) groups is 1. The SMILES string of the molecule is ClCC1=CSC2=NC3COC[C@@H]3N12. The van der Waals surface area contributed by atoms with Crippen LogP contribution in [0.15, 0.2) is 16.1 Å². The molecule has 5 heteroatoms. The minimum absolute atomic E-state index is 0.342. The summed E-state index contributed by atoms with van der Waals surface area (Å²) in [4.78, 5) is 6.81. The van der Waals surface area contributed by atoms with Crippen LogP contribution in [0.1, 0.15) is 0 Å². The van der Waals surface area contributed by atoms with Crippen molar-refractivity contribution in [3.63, 3.8) is 0 Å². The molecule has 0 aliphatic carbocycles. The first kappa shape index (κ1) is 8.15. The van der Waals surface area contributed by atoms with Crippen LogP contribution in [-0.2, 0) is 4.74 Å². The summed E-state index contributed by atoms with van der Waals surface area (Å²) in [5, 5.41) is 3.19. The summed E-state index contributed by atoms with van der Waals surface area (Å²) in [7, 11) is 0. The van der Waals surface area contributed by atoms with Gasteiger partial charge in [0.25, 0.3) is 0 Å². The zero-order valence-corrected chi connectivity index (χ0v) is 8.51. The summed E-state index contributed by atoms with van der Waals surface area (Å²) in [5.74, 6) is 0.565. The van der Waals surface area contributed by atoms with Crippen molar-refractivity contribution >= 4 is 28.5 Å². The Hall–Kier alpha value is -0.190. The van der Waals surface area contributed by atoms with E-state index in [4.69, 9.17) is 16.3 Å². The van der Waals surface area contributed by atoms with Gasteiger partial charge in [-0.2, -0.15) is 0 Å². The normalized spacial score (nSPS) is 35.9. The number of halogens is 1. The van der Waals surface area contributed by atoms with E-state index in [0.29, 0.717) is 18.0 Å². The standard InChI is InChI=1S/C8H9ClN2OS/c9-1-5-4-13-8-10-6-2-12-3-7(6)11(5)8/h4,6-7H,1-3H2/t6?,7-/m0/s1. The molecule has 0 N–H and O–H groups in total. The molecule has 0 bridgehead atoms. The van der Waals surface area contributed by atoms with Gasteiger partial charge < -0.3 is 9.64 Å². The van der Waals surface area contributed by atoms with Gasteiger partial charge in [0, 0.05) is 5.70 Å². The van der Waals surface area contributed by atoms with E-state index >= 15 is 0 Å². The Morgan fingerprint density at radius 1 is 1.69 bits per heavy atom. The highest BCUT2D eigenvalue weighted by Crippen LogP contribution is 2.37. The molecule has 0 aromatic heterocycles. The lowest BCUT2D eigenvalue weighted by molar-refractivity contribution is 0.178. The molecule has 0 aromatic carbocycles. The summed E-state index contributed by atoms with van der Waals surface area (Å²) in [5.41, 5.74) is 1.17. The Kier molecular flexibility index (Phi) is 1.82. The van der Waals surface area contributed by atoms with Gasteiger partial charge in [0.15, 0.2) is 5.17 Å². The molecule has 0 spiro atoms. The van der Waals surface area contributed by atoms with Gasteiger partial charge in [-0.1, -0.05) is 11.8 Å². The number of amidine groups is 1. The molecule has 1 fully saturated rings. The minimum atomic E-state index is 0.342. The van der Waals surface area contributed by atoms with E-state index < -0.39 is 0 Å². The molecule has 3 aliphatic rings. The monoisotopic (exact) mass is 216 g/mol. The van der Waals surface area contributed by atoms with E-state index in [1.54, 1.807) is 11.8 Å². The fourth-order valence-corrected chi connectivity index (χ4v) is 3.24. The molecule has 3 nitrogen and oxygen atoms in total. The van der Waals surface area contributed by atoms with Gasteiger partial charge >= 0.3 is 0 Å². The van der Waals surface area contributed by atoms with Gasteiger partial charge in [-0.3, -0.25) is 4.99 Å². The number of thioether (sulfide) groups is 1. The maximum Gasteiger partial charge on any atom is 0.168 e. The number of hydrogen-bond acceptors (Lipinski definition) is 4. The first-order valence-corrected chi connectivity index (χ1v) is 5.68. The number of ether oxygens (including phenoxy) is 1. The summed E-state index contributed by atoms with van der Waals surface area (Å²) in [6, 6.07) is 0.754. The van der Waals surface area contributed by atoms with Crippen molar-refractivity contribution in [1.29, 1.82) is 0 Å². The van der Waals surface area contributed by atoms with Crippen LogP contribution in [0.2, 0.25) is 0 Å². The number of hydrogen-bond donors (Lipinski definition) is 0. The van der Waals surface area contributed by atoms with Gasteiger partial charge in [-0.05, 0) is 5.41 Å². The van der Waals surface area contributed by atoms with Crippen molar-refractivity contribution in [2.45, 2.75) is 12.1 Å². The second kappa shape index (κ2) is 2.90. The number of fused-ring (bicyclic) bond motifs is 3. The summed E-state index contributed by atoms with van der Waals surface area (Å²) in [6.45, 7) is 1.55. The van der Waals surface area contributed by atoms with E-state index in [9.17, 15) is 0 Å². The Labute approximate surface area is 85.8 Å². The molecule has 70 valence electrons. The molecule has 0 saturated carbocycles. The zero-order chi connectivity index (χ0) is 8.84.